The average Bonchev–Trinajstić information content (AvgIpc) is 2.67. The summed E-state index contributed by atoms with van der Waals surface area (Å²) in [6.07, 6.45) is -1.02. The smallest absolute Gasteiger partial charge is 0.264 e. The lowest BCUT2D eigenvalue weighted by atomic mass is 10.0. The fourth-order valence-corrected chi connectivity index (χ4v) is 6.13. The van der Waals surface area contributed by atoms with Gasteiger partial charge in [0.15, 0.2) is 5.17 Å². The van der Waals surface area contributed by atoms with Gasteiger partial charge in [-0.3, -0.25) is 9.71 Å². The van der Waals surface area contributed by atoms with E-state index in [4.69, 9.17) is 0 Å². The second-order valence-corrected chi connectivity index (χ2v) is 10.8. The second-order valence-electron chi connectivity index (χ2n) is 6.23. The zero-order chi connectivity index (χ0) is 21.4. The second kappa shape index (κ2) is 7.95. The normalized spacial score (nSPS) is 19.2. The van der Waals surface area contributed by atoms with E-state index in [1.165, 1.54) is 31.3 Å². The number of phenolic OH excluding ortho intramolecular Hbond substituents is 1. The number of phenols is 1. The summed E-state index contributed by atoms with van der Waals surface area (Å²) in [7, 11) is -6.59. The molecule has 29 heavy (non-hydrogen) atoms. The molecule has 0 radical (unpaired) electrons. The first-order valence-electron chi connectivity index (χ1n) is 8.36. The Balaban J connectivity index is 1.90. The SMILES string of the molecule is CNS(=O)(=O)c1ccc2c(c1)S(=O)(=O)NC(=NC(C)C(O)c1ccc(O)cc1)S2. The minimum absolute atomic E-state index is 0.0618. The number of rotatable bonds is 5. The van der Waals surface area contributed by atoms with Crippen molar-refractivity contribution in [2.24, 2.45) is 4.99 Å². The van der Waals surface area contributed by atoms with Gasteiger partial charge >= 0.3 is 0 Å². The molecular weight excluding hydrogens is 438 g/mol. The van der Waals surface area contributed by atoms with E-state index in [-0.39, 0.29) is 20.7 Å². The maximum atomic E-state index is 12.6. The van der Waals surface area contributed by atoms with Gasteiger partial charge in [0.25, 0.3) is 10.0 Å². The molecule has 0 fully saturated rings. The largest absolute Gasteiger partial charge is 0.508 e. The molecule has 4 N–H and O–H groups in total. The number of sulfonamides is 2. The molecule has 1 aliphatic heterocycles. The van der Waals surface area contributed by atoms with Crippen molar-refractivity contribution in [3.63, 3.8) is 0 Å². The molecule has 0 spiro atoms. The topological polar surface area (TPSA) is 145 Å². The number of thioether (sulfide) groups is 1. The van der Waals surface area contributed by atoms with E-state index in [1.54, 1.807) is 19.1 Å². The van der Waals surface area contributed by atoms with Crippen LogP contribution in [0.25, 0.3) is 0 Å². The molecule has 0 amide bonds. The first kappa shape index (κ1) is 21.6. The lowest BCUT2D eigenvalue weighted by Gasteiger charge is -2.22. The van der Waals surface area contributed by atoms with Crippen LogP contribution in [0.4, 0.5) is 0 Å². The molecule has 0 aliphatic carbocycles. The number of nitrogens with zero attached hydrogens (tertiary/aromatic N) is 1. The van der Waals surface area contributed by atoms with Crippen molar-refractivity contribution in [3.05, 3.63) is 48.0 Å². The number of amidine groups is 1. The van der Waals surface area contributed by atoms with Crippen LogP contribution < -0.4 is 9.44 Å². The number of hydrogen-bond acceptors (Lipinski definition) is 8. The Labute approximate surface area is 173 Å². The summed E-state index contributed by atoms with van der Waals surface area (Å²) in [6, 6.07) is 9.08. The summed E-state index contributed by atoms with van der Waals surface area (Å²) in [6.45, 7) is 1.62. The molecule has 0 saturated heterocycles. The number of hydrogen-bond donors (Lipinski definition) is 4. The van der Waals surface area contributed by atoms with Gasteiger partial charge in [0, 0.05) is 4.90 Å². The molecule has 9 nitrogen and oxygen atoms in total. The Morgan fingerprint density at radius 1 is 1.17 bits per heavy atom. The highest BCUT2D eigenvalue weighted by Gasteiger charge is 2.30. The first-order valence-corrected chi connectivity index (χ1v) is 12.1. The van der Waals surface area contributed by atoms with E-state index >= 15 is 0 Å². The Hall–Kier alpha value is -2.12. The van der Waals surface area contributed by atoms with Crippen molar-refractivity contribution in [2.75, 3.05) is 7.05 Å². The van der Waals surface area contributed by atoms with Gasteiger partial charge < -0.3 is 10.2 Å². The minimum atomic E-state index is -4.03. The van der Waals surface area contributed by atoms with Gasteiger partial charge in [-0.15, -0.1) is 0 Å². The van der Waals surface area contributed by atoms with Gasteiger partial charge in [-0.05, 0) is 49.9 Å². The Kier molecular flexibility index (Phi) is 5.92. The number of aromatic hydroxyl groups is 1. The van der Waals surface area contributed by atoms with E-state index < -0.39 is 32.2 Å². The quantitative estimate of drug-likeness (QED) is 0.527. The van der Waals surface area contributed by atoms with Crippen molar-refractivity contribution in [1.82, 2.24) is 9.44 Å². The number of fused-ring (bicyclic) bond motifs is 1. The van der Waals surface area contributed by atoms with E-state index in [0.717, 1.165) is 17.8 Å². The van der Waals surface area contributed by atoms with Crippen molar-refractivity contribution >= 4 is 37.0 Å². The van der Waals surface area contributed by atoms with Gasteiger partial charge in [0.05, 0.1) is 10.9 Å². The van der Waals surface area contributed by atoms with Crippen LogP contribution in [0.3, 0.4) is 0 Å². The molecule has 2 aromatic carbocycles. The summed E-state index contributed by atoms with van der Waals surface area (Å²) < 4.78 is 53.5. The fourth-order valence-electron chi connectivity index (χ4n) is 2.62. The molecule has 2 aromatic rings. The number of aliphatic hydroxyl groups excluding tert-OH is 1. The molecule has 0 aromatic heterocycles. The Morgan fingerprint density at radius 2 is 1.83 bits per heavy atom. The highest BCUT2D eigenvalue weighted by atomic mass is 32.2. The van der Waals surface area contributed by atoms with E-state index in [1.807, 2.05) is 0 Å². The van der Waals surface area contributed by atoms with Crippen LogP contribution >= 0.6 is 11.8 Å². The van der Waals surface area contributed by atoms with Crippen LogP contribution in [-0.2, 0) is 20.0 Å². The molecule has 156 valence electrons. The molecule has 2 unspecified atom stereocenters. The zero-order valence-electron chi connectivity index (χ0n) is 15.4. The van der Waals surface area contributed by atoms with Gasteiger partial charge in [0.1, 0.15) is 16.7 Å². The van der Waals surface area contributed by atoms with Crippen LogP contribution in [-0.4, -0.2) is 45.3 Å². The predicted octanol–water partition coefficient (Wildman–Crippen LogP) is 1.16. The number of nitrogens with one attached hydrogen (secondary N) is 2. The number of aliphatic hydroxyl groups is 1. The summed E-state index contributed by atoms with van der Waals surface area (Å²) in [5.41, 5.74) is 0.519. The maximum Gasteiger partial charge on any atom is 0.264 e. The molecule has 12 heteroatoms. The Bertz CT molecular complexity index is 1160. The maximum absolute atomic E-state index is 12.6. The lowest BCUT2D eigenvalue weighted by molar-refractivity contribution is 0.154. The molecule has 1 aliphatic rings. The average molecular weight is 458 g/mol. The van der Waals surface area contributed by atoms with Gasteiger partial charge in [0.2, 0.25) is 10.0 Å². The van der Waals surface area contributed by atoms with Gasteiger partial charge in [-0.2, -0.15) is 0 Å². The van der Waals surface area contributed by atoms with Crippen LogP contribution in [0.1, 0.15) is 18.6 Å². The molecule has 0 saturated carbocycles. The van der Waals surface area contributed by atoms with E-state index in [9.17, 15) is 27.0 Å². The summed E-state index contributed by atoms with van der Waals surface area (Å²) in [5.74, 6) is 0.0618. The summed E-state index contributed by atoms with van der Waals surface area (Å²) >= 11 is 1.02. The highest BCUT2D eigenvalue weighted by Crippen LogP contribution is 2.34. The van der Waals surface area contributed by atoms with Crippen molar-refractivity contribution in [1.29, 1.82) is 0 Å². The third kappa shape index (κ3) is 4.56. The van der Waals surface area contributed by atoms with Crippen LogP contribution in [0.2, 0.25) is 0 Å². The van der Waals surface area contributed by atoms with Gasteiger partial charge in [-0.1, -0.05) is 23.9 Å². The first-order chi connectivity index (χ1) is 13.5. The monoisotopic (exact) mass is 457 g/mol. The van der Waals surface area contributed by atoms with Crippen molar-refractivity contribution < 1.29 is 27.0 Å². The summed E-state index contributed by atoms with van der Waals surface area (Å²) in [5, 5.41) is 19.8. The molecule has 1 heterocycles. The number of benzene rings is 2. The lowest BCUT2D eigenvalue weighted by Crippen LogP contribution is -2.34. The molecule has 3 rings (SSSR count). The fraction of sp³-hybridized carbons (Fsp3) is 0.235. The highest BCUT2D eigenvalue weighted by molar-refractivity contribution is 8.16. The third-order valence-corrected chi connectivity index (χ3v) is 8.25. The van der Waals surface area contributed by atoms with E-state index in [2.05, 4.69) is 14.4 Å². The Morgan fingerprint density at radius 3 is 2.45 bits per heavy atom. The standard InChI is InChI=1S/C17H19N3O6S3/c1-10(16(22)11-3-5-12(21)6-4-11)19-17-20-29(25,26)15-9-13(28(23,24)18-2)7-8-14(15)27-17/h3-10,16,18,21-22H,1-2H3,(H,19,20). The zero-order valence-corrected chi connectivity index (χ0v) is 17.8. The van der Waals surface area contributed by atoms with Crippen LogP contribution in [0.5, 0.6) is 5.75 Å². The predicted molar refractivity (Wildman–Crippen MR) is 109 cm³/mol. The minimum Gasteiger partial charge on any atom is -0.508 e. The molecule has 2 atom stereocenters. The van der Waals surface area contributed by atoms with Crippen molar-refractivity contribution in [3.8, 4) is 5.75 Å². The van der Waals surface area contributed by atoms with E-state index in [0.29, 0.717) is 10.5 Å². The van der Waals surface area contributed by atoms with Crippen molar-refractivity contribution in [2.45, 2.75) is 33.8 Å². The number of aliphatic imine (C=N–C) groups is 1. The third-order valence-electron chi connectivity index (χ3n) is 4.22. The summed E-state index contributed by atoms with van der Waals surface area (Å²) in [4.78, 5) is 4.26. The van der Waals surface area contributed by atoms with Crippen LogP contribution in [0, 0.1) is 0 Å². The molecular formula is C17H19N3O6S3. The molecule has 0 bridgehead atoms. The van der Waals surface area contributed by atoms with Crippen LogP contribution in [0.15, 0.2) is 62.1 Å². The van der Waals surface area contributed by atoms with Gasteiger partial charge in [-0.25, -0.2) is 21.6 Å².